The van der Waals surface area contributed by atoms with Gasteiger partial charge in [-0.05, 0) is 30.9 Å². The fourth-order valence-corrected chi connectivity index (χ4v) is 4.65. The van der Waals surface area contributed by atoms with Gasteiger partial charge < -0.3 is 14.5 Å². The summed E-state index contributed by atoms with van der Waals surface area (Å²) in [6.45, 7) is 7.19. The maximum absolute atomic E-state index is 12.8. The highest BCUT2D eigenvalue weighted by atomic mass is 32.2. The summed E-state index contributed by atoms with van der Waals surface area (Å²) in [4.78, 5) is 24.5. The number of hydrogen-bond acceptors (Lipinski definition) is 6. The predicted molar refractivity (Wildman–Crippen MR) is 91.5 cm³/mol. The molecule has 25 heavy (non-hydrogen) atoms. The van der Waals surface area contributed by atoms with E-state index >= 15 is 0 Å². The topological polar surface area (TPSA) is 103 Å². The Bertz CT molecular complexity index is 717. The van der Waals surface area contributed by atoms with Crippen LogP contribution < -0.4 is 5.32 Å². The van der Waals surface area contributed by atoms with E-state index in [4.69, 9.17) is 9.15 Å². The van der Waals surface area contributed by atoms with Crippen LogP contribution in [0.4, 0.5) is 0 Å². The van der Waals surface area contributed by atoms with E-state index in [1.54, 1.807) is 19.1 Å². The Morgan fingerprint density at radius 2 is 2.08 bits per heavy atom. The fourth-order valence-electron chi connectivity index (χ4n) is 2.74. The van der Waals surface area contributed by atoms with E-state index in [-0.39, 0.29) is 35.7 Å². The van der Waals surface area contributed by atoms with E-state index in [1.807, 2.05) is 20.8 Å². The van der Waals surface area contributed by atoms with Crippen molar-refractivity contribution in [2.45, 2.75) is 57.3 Å². The third-order valence-corrected chi connectivity index (χ3v) is 5.98. The van der Waals surface area contributed by atoms with Crippen molar-refractivity contribution in [1.29, 1.82) is 0 Å². The van der Waals surface area contributed by atoms with Crippen molar-refractivity contribution in [3.8, 4) is 0 Å². The molecule has 2 heterocycles. The summed E-state index contributed by atoms with van der Waals surface area (Å²) in [6, 6.07) is 2.34. The van der Waals surface area contributed by atoms with Crippen molar-refractivity contribution in [2.24, 2.45) is 5.41 Å². The molecule has 1 aromatic rings. The van der Waals surface area contributed by atoms with E-state index < -0.39 is 33.1 Å². The monoisotopic (exact) mass is 371 g/mol. The Labute approximate surface area is 148 Å². The highest BCUT2D eigenvalue weighted by Crippen LogP contribution is 2.27. The number of carbonyl (C=O) groups excluding carboxylic acids is 2. The summed E-state index contributed by atoms with van der Waals surface area (Å²) < 4.78 is 35.9. The summed E-state index contributed by atoms with van der Waals surface area (Å²) >= 11 is 0. The third-order valence-electron chi connectivity index (χ3n) is 4.05. The van der Waals surface area contributed by atoms with Crippen molar-refractivity contribution in [3.05, 3.63) is 24.2 Å². The Kier molecular flexibility index (Phi) is 5.73. The molecule has 0 radical (unpaired) electrons. The molecular weight excluding hydrogens is 346 g/mol. The van der Waals surface area contributed by atoms with Crippen LogP contribution in [0.3, 0.4) is 0 Å². The zero-order chi connectivity index (χ0) is 18.8. The minimum atomic E-state index is -3.81. The summed E-state index contributed by atoms with van der Waals surface area (Å²) in [5.41, 5.74) is -0.389. The zero-order valence-corrected chi connectivity index (χ0v) is 15.8. The lowest BCUT2D eigenvalue weighted by Crippen LogP contribution is -2.50. The predicted octanol–water partition coefficient (Wildman–Crippen LogP) is 1.47. The first-order valence-electron chi connectivity index (χ1n) is 8.18. The van der Waals surface area contributed by atoms with Crippen LogP contribution in [-0.4, -0.2) is 44.1 Å². The number of ketones is 1. The van der Waals surface area contributed by atoms with Crippen LogP contribution in [0, 0.1) is 5.41 Å². The maximum Gasteiger partial charge on any atom is 0.239 e. The van der Waals surface area contributed by atoms with Crippen LogP contribution in [0.5, 0.6) is 0 Å². The van der Waals surface area contributed by atoms with Gasteiger partial charge in [-0.2, -0.15) is 0 Å². The zero-order valence-electron chi connectivity index (χ0n) is 14.9. The largest absolute Gasteiger partial charge is 0.468 e. The molecule has 0 spiro atoms. The maximum atomic E-state index is 12.8. The Hall–Kier alpha value is -1.67. The van der Waals surface area contributed by atoms with Crippen LogP contribution in [-0.2, 0) is 29.9 Å². The van der Waals surface area contributed by atoms with Crippen LogP contribution >= 0.6 is 0 Å². The summed E-state index contributed by atoms with van der Waals surface area (Å²) in [5, 5.41) is 1.30. The molecule has 0 bridgehead atoms. The van der Waals surface area contributed by atoms with Gasteiger partial charge in [0, 0.05) is 0 Å². The van der Waals surface area contributed by atoms with E-state index in [1.165, 1.54) is 6.26 Å². The average molecular weight is 371 g/mol. The second-order valence-electron chi connectivity index (χ2n) is 7.61. The van der Waals surface area contributed by atoms with Gasteiger partial charge in [-0.1, -0.05) is 20.8 Å². The normalized spacial score (nSPS) is 22.8. The molecule has 7 nitrogen and oxygen atoms in total. The number of furan rings is 1. The number of sulfone groups is 1. The lowest BCUT2D eigenvalue weighted by Gasteiger charge is -2.26. The molecule has 0 aliphatic carbocycles. The first-order valence-corrected chi connectivity index (χ1v) is 9.90. The SMILES string of the molecule is CC1OCC(=O)C1NC(=O)C(CC(C)(C)C)S(=O)(=O)Cc1ccco1. The molecule has 1 N–H and O–H groups in total. The molecule has 1 saturated heterocycles. The smallest absolute Gasteiger partial charge is 0.239 e. The minimum Gasteiger partial charge on any atom is -0.468 e. The second-order valence-corrected chi connectivity index (χ2v) is 9.79. The summed E-state index contributed by atoms with van der Waals surface area (Å²) in [6.07, 6.45) is 1.05. The molecule has 8 heteroatoms. The van der Waals surface area contributed by atoms with Gasteiger partial charge in [0.2, 0.25) is 5.91 Å². The van der Waals surface area contributed by atoms with Crippen LogP contribution in [0.15, 0.2) is 22.8 Å². The second kappa shape index (κ2) is 7.29. The number of amides is 1. The van der Waals surface area contributed by atoms with Gasteiger partial charge in [0.15, 0.2) is 15.6 Å². The molecule has 1 amide bonds. The average Bonchev–Trinajstić information content (AvgIpc) is 3.08. The van der Waals surface area contributed by atoms with E-state index in [9.17, 15) is 18.0 Å². The minimum absolute atomic E-state index is 0.0742. The van der Waals surface area contributed by atoms with Crippen molar-refractivity contribution in [2.75, 3.05) is 6.61 Å². The molecule has 1 aromatic heterocycles. The van der Waals surface area contributed by atoms with E-state index in [0.29, 0.717) is 0 Å². The molecule has 3 atom stereocenters. The summed E-state index contributed by atoms with van der Waals surface area (Å²) in [5.74, 6) is -1.00. The molecule has 2 rings (SSSR count). The van der Waals surface area contributed by atoms with Crippen molar-refractivity contribution in [1.82, 2.24) is 5.32 Å². The molecule has 1 fully saturated rings. The third kappa shape index (κ3) is 5.15. The Balaban J connectivity index is 2.22. The molecule has 0 aromatic carbocycles. The van der Waals surface area contributed by atoms with Gasteiger partial charge in [0.05, 0.1) is 12.4 Å². The van der Waals surface area contributed by atoms with Gasteiger partial charge in [-0.25, -0.2) is 8.42 Å². The number of ether oxygens (including phenoxy) is 1. The summed E-state index contributed by atoms with van der Waals surface area (Å²) in [7, 11) is -3.81. The lowest BCUT2D eigenvalue weighted by atomic mass is 9.90. The highest BCUT2D eigenvalue weighted by molar-refractivity contribution is 7.92. The molecule has 1 aliphatic rings. The van der Waals surface area contributed by atoms with Gasteiger partial charge in [-0.15, -0.1) is 0 Å². The molecule has 3 unspecified atom stereocenters. The van der Waals surface area contributed by atoms with Gasteiger partial charge in [-0.3, -0.25) is 9.59 Å². The fraction of sp³-hybridized carbons (Fsp3) is 0.647. The van der Waals surface area contributed by atoms with E-state index in [0.717, 1.165) is 0 Å². The van der Waals surface area contributed by atoms with Gasteiger partial charge >= 0.3 is 0 Å². The first-order chi connectivity index (χ1) is 11.5. The quantitative estimate of drug-likeness (QED) is 0.812. The molecule has 1 aliphatic heterocycles. The molecule has 0 saturated carbocycles. The number of Topliss-reactive ketones (excluding diaryl/α,β-unsaturated/α-hetero) is 1. The van der Waals surface area contributed by atoms with E-state index in [2.05, 4.69) is 5.32 Å². The number of nitrogens with one attached hydrogen (secondary N) is 1. The van der Waals surface area contributed by atoms with Crippen LogP contribution in [0.25, 0.3) is 0 Å². The van der Waals surface area contributed by atoms with Crippen LogP contribution in [0.1, 0.15) is 39.9 Å². The van der Waals surface area contributed by atoms with Crippen molar-refractivity contribution in [3.63, 3.8) is 0 Å². The molecule has 140 valence electrons. The number of rotatable bonds is 6. The van der Waals surface area contributed by atoms with Crippen LogP contribution in [0.2, 0.25) is 0 Å². The first kappa shape index (κ1) is 19.7. The van der Waals surface area contributed by atoms with Crippen molar-refractivity contribution < 1.29 is 27.2 Å². The Morgan fingerprint density at radius 1 is 1.40 bits per heavy atom. The Morgan fingerprint density at radius 3 is 2.56 bits per heavy atom. The van der Waals surface area contributed by atoms with Crippen molar-refractivity contribution >= 4 is 21.5 Å². The number of carbonyl (C=O) groups is 2. The standard InChI is InChI=1S/C17H25NO6S/c1-11-15(13(19)9-24-11)18-16(20)14(8-17(2,3)4)25(21,22)10-12-6-5-7-23-12/h5-7,11,14-15H,8-10H2,1-4H3,(H,18,20). The number of hydrogen-bond donors (Lipinski definition) is 1. The van der Waals surface area contributed by atoms with Gasteiger partial charge in [0.1, 0.15) is 29.4 Å². The van der Waals surface area contributed by atoms with Gasteiger partial charge in [0.25, 0.3) is 0 Å². The molecular formula is C17H25NO6S. The lowest BCUT2D eigenvalue weighted by molar-refractivity contribution is -0.126. The highest BCUT2D eigenvalue weighted by Gasteiger charge is 2.40.